The highest BCUT2D eigenvalue weighted by Gasteiger charge is 2.42. The van der Waals surface area contributed by atoms with Crippen molar-refractivity contribution in [1.82, 2.24) is 9.97 Å². The summed E-state index contributed by atoms with van der Waals surface area (Å²) < 4.78 is 80.8. The van der Waals surface area contributed by atoms with Gasteiger partial charge in [-0.3, -0.25) is 0 Å². The van der Waals surface area contributed by atoms with E-state index in [1.54, 1.807) is 0 Å². The van der Waals surface area contributed by atoms with Gasteiger partial charge in [0.05, 0.1) is 25.1 Å². The lowest BCUT2D eigenvalue weighted by atomic mass is 10.2. The Morgan fingerprint density at radius 3 is 2.10 bits per heavy atom. The summed E-state index contributed by atoms with van der Waals surface area (Å²) in [4.78, 5) is 6.88. The number of hydrogen-bond donors (Lipinski definition) is 0. The fraction of sp³-hybridized carbons (Fsp3) is 0.600. The van der Waals surface area contributed by atoms with Crippen LogP contribution in [0.3, 0.4) is 0 Å². The third kappa shape index (κ3) is 3.11. The van der Waals surface area contributed by atoms with Crippen LogP contribution < -0.4 is 4.90 Å². The zero-order valence-electron chi connectivity index (χ0n) is 9.92. The molecule has 0 amide bonds. The highest BCUT2D eigenvalue weighted by Crippen LogP contribution is 2.37. The third-order valence-corrected chi connectivity index (χ3v) is 2.64. The first-order chi connectivity index (χ1) is 9.19. The maximum Gasteiger partial charge on any atom is 0.451 e. The Hall–Kier alpha value is -1.58. The van der Waals surface area contributed by atoms with E-state index < -0.39 is 29.6 Å². The summed E-state index contributed by atoms with van der Waals surface area (Å²) in [6, 6.07) is 0. The summed E-state index contributed by atoms with van der Waals surface area (Å²) in [5.41, 5.74) is -2.05. The van der Waals surface area contributed by atoms with Crippen LogP contribution in [0, 0.1) is 0 Å². The number of hydrogen-bond acceptors (Lipinski definition) is 4. The molecule has 4 nitrogen and oxygen atoms in total. The van der Waals surface area contributed by atoms with Crippen molar-refractivity contribution in [2.45, 2.75) is 12.4 Å². The molecule has 1 aromatic rings. The Morgan fingerprint density at radius 1 is 1.00 bits per heavy atom. The van der Waals surface area contributed by atoms with E-state index in [2.05, 4.69) is 9.97 Å². The minimum atomic E-state index is -5.02. The van der Waals surface area contributed by atoms with Crippen molar-refractivity contribution < 1.29 is 31.1 Å². The average molecular weight is 301 g/mol. The van der Waals surface area contributed by atoms with Gasteiger partial charge in [0.2, 0.25) is 5.82 Å². The Morgan fingerprint density at radius 2 is 1.60 bits per heavy atom. The van der Waals surface area contributed by atoms with Gasteiger partial charge in [-0.2, -0.15) is 26.3 Å². The largest absolute Gasteiger partial charge is 0.451 e. The van der Waals surface area contributed by atoms with Crippen molar-refractivity contribution in [2.75, 3.05) is 31.2 Å². The third-order valence-electron chi connectivity index (χ3n) is 2.64. The number of alkyl halides is 6. The molecule has 112 valence electrons. The first-order valence-electron chi connectivity index (χ1n) is 5.54. The summed E-state index contributed by atoms with van der Waals surface area (Å²) in [6.45, 7) is 0.659. The van der Waals surface area contributed by atoms with Gasteiger partial charge in [-0.1, -0.05) is 0 Å². The maximum absolute atomic E-state index is 12.9. The van der Waals surface area contributed by atoms with Gasteiger partial charge in [0.25, 0.3) is 0 Å². The van der Waals surface area contributed by atoms with E-state index in [9.17, 15) is 26.3 Å². The molecule has 0 aliphatic carbocycles. The van der Waals surface area contributed by atoms with Crippen molar-refractivity contribution in [2.24, 2.45) is 0 Å². The summed E-state index contributed by atoms with van der Waals surface area (Å²) in [6.07, 6.45) is -9.45. The molecule has 1 aromatic heterocycles. The molecule has 0 saturated carbocycles. The van der Waals surface area contributed by atoms with E-state index in [4.69, 9.17) is 4.74 Å². The molecule has 0 N–H and O–H groups in total. The summed E-state index contributed by atoms with van der Waals surface area (Å²) in [5.74, 6) is -1.80. The van der Waals surface area contributed by atoms with Gasteiger partial charge in [-0.05, 0) is 0 Å². The molecule has 1 aliphatic rings. The van der Waals surface area contributed by atoms with Crippen LogP contribution in [0.25, 0.3) is 0 Å². The van der Waals surface area contributed by atoms with E-state index in [0.717, 1.165) is 0 Å². The zero-order chi connectivity index (χ0) is 15.0. The second kappa shape index (κ2) is 5.08. The monoisotopic (exact) mass is 301 g/mol. The van der Waals surface area contributed by atoms with Crippen molar-refractivity contribution in [1.29, 1.82) is 0 Å². The van der Waals surface area contributed by atoms with E-state index in [0.29, 0.717) is 6.20 Å². The van der Waals surface area contributed by atoms with Crippen molar-refractivity contribution in [3.8, 4) is 0 Å². The van der Waals surface area contributed by atoms with E-state index in [-0.39, 0.29) is 26.3 Å². The molecule has 0 aromatic carbocycles. The van der Waals surface area contributed by atoms with Gasteiger partial charge in [0.1, 0.15) is 0 Å². The fourth-order valence-electron chi connectivity index (χ4n) is 1.76. The standard InChI is InChI=1S/C10H9F6N3O/c11-9(12,13)7-6(19-1-3-20-4-2-19)5-17-8(18-7)10(14,15)16/h5H,1-4H2. The second-order valence-electron chi connectivity index (χ2n) is 4.02. The van der Waals surface area contributed by atoms with E-state index in [1.807, 2.05) is 0 Å². The lowest BCUT2D eigenvalue weighted by Gasteiger charge is -2.30. The predicted molar refractivity (Wildman–Crippen MR) is 55.1 cm³/mol. The Bertz CT molecular complexity index is 481. The molecule has 1 saturated heterocycles. The summed E-state index contributed by atoms with van der Waals surface area (Å²) in [5, 5.41) is 0. The summed E-state index contributed by atoms with van der Waals surface area (Å²) >= 11 is 0. The topological polar surface area (TPSA) is 38.2 Å². The van der Waals surface area contributed by atoms with E-state index >= 15 is 0 Å². The Labute approximate surface area is 109 Å². The number of rotatable bonds is 1. The minimum Gasteiger partial charge on any atom is -0.378 e. The Balaban J connectivity index is 2.45. The van der Waals surface area contributed by atoms with Crippen LogP contribution >= 0.6 is 0 Å². The fourth-order valence-corrected chi connectivity index (χ4v) is 1.76. The first kappa shape index (κ1) is 14.8. The normalized spacial score (nSPS) is 17.4. The second-order valence-corrected chi connectivity index (χ2v) is 4.02. The lowest BCUT2D eigenvalue weighted by Crippen LogP contribution is -2.38. The molecule has 10 heteroatoms. The molecule has 2 rings (SSSR count). The van der Waals surface area contributed by atoms with Gasteiger partial charge in [-0.25, -0.2) is 9.97 Å². The van der Waals surface area contributed by atoms with Crippen molar-refractivity contribution in [3.05, 3.63) is 17.7 Å². The van der Waals surface area contributed by atoms with Gasteiger partial charge in [0, 0.05) is 13.1 Å². The molecule has 0 bridgehead atoms. The molecule has 20 heavy (non-hydrogen) atoms. The van der Waals surface area contributed by atoms with Gasteiger partial charge in [-0.15, -0.1) is 0 Å². The molecular weight excluding hydrogens is 292 g/mol. The van der Waals surface area contributed by atoms with Crippen LogP contribution in [0.5, 0.6) is 0 Å². The average Bonchev–Trinajstić information content (AvgIpc) is 2.37. The van der Waals surface area contributed by atoms with Crippen molar-refractivity contribution >= 4 is 5.69 Å². The number of ether oxygens (including phenoxy) is 1. The number of morpholine rings is 1. The first-order valence-corrected chi connectivity index (χ1v) is 5.54. The molecule has 0 spiro atoms. The van der Waals surface area contributed by atoms with Crippen LogP contribution in [-0.2, 0) is 17.1 Å². The van der Waals surface area contributed by atoms with Crippen LogP contribution in [0.2, 0.25) is 0 Å². The van der Waals surface area contributed by atoms with Gasteiger partial charge < -0.3 is 9.64 Å². The maximum atomic E-state index is 12.9. The molecule has 1 fully saturated rings. The smallest absolute Gasteiger partial charge is 0.378 e. The van der Waals surface area contributed by atoms with E-state index in [1.165, 1.54) is 4.90 Å². The zero-order valence-corrected chi connectivity index (χ0v) is 9.92. The van der Waals surface area contributed by atoms with Crippen LogP contribution in [-0.4, -0.2) is 36.3 Å². The minimum absolute atomic E-state index is 0.137. The molecule has 0 atom stereocenters. The quantitative estimate of drug-likeness (QED) is 0.746. The number of halogens is 6. The van der Waals surface area contributed by atoms with Gasteiger partial charge in [0.15, 0.2) is 5.69 Å². The highest BCUT2D eigenvalue weighted by atomic mass is 19.4. The van der Waals surface area contributed by atoms with Crippen LogP contribution in [0.15, 0.2) is 6.20 Å². The van der Waals surface area contributed by atoms with Crippen molar-refractivity contribution in [3.63, 3.8) is 0 Å². The predicted octanol–water partition coefficient (Wildman–Crippen LogP) is 2.35. The van der Waals surface area contributed by atoms with Gasteiger partial charge >= 0.3 is 12.4 Å². The number of aromatic nitrogens is 2. The Kier molecular flexibility index (Phi) is 3.76. The van der Waals surface area contributed by atoms with Crippen LogP contribution in [0.4, 0.5) is 32.0 Å². The molecule has 2 heterocycles. The number of anilines is 1. The number of nitrogens with zero attached hydrogens (tertiary/aromatic N) is 3. The van der Waals surface area contributed by atoms with Crippen LogP contribution in [0.1, 0.15) is 11.5 Å². The molecule has 1 aliphatic heterocycles. The molecule has 0 unspecified atom stereocenters. The summed E-state index contributed by atoms with van der Waals surface area (Å²) in [7, 11) is 0. The highest BCUT2D eigenvalue weighted by molar-refractivity contribution is 5.50. The molecule has 0 radical (unpaired) electrons. The SMILES string of the molecule is FC(F)(F)c1ncc(N2CCOCC2)c(C(F)(F)F)n1. The lowest BCUT2D eigenvalue weighted by molar-refractivity contribution is -0.152. The molecular formula is C10H9F6N3O.